The van der Waals surface area contributed by atoms with Crippen molar-refractivity contribution in [2.75, 3.05) is 18.4 Å². The maximum atomic E-state index is 12.7. The quantitative estimate of drug-likeness (QED) is 0.641. The fourth-order valence-corrected chi connectivity index (χ4v) is 5.05. The molecule has 0 radical (unpaired) electrons. The first kappa shape index (κ1) is 19.9. The van der Waals surface area contributed by atoms with E-state index < -0.39 is 0 Å². The van der Waals surface area contributed by atoms with Crippen LogP contribution in [0.1, 0.15) is 39.0 Å². The Morgan fingerprint density at radius 2 is 1.93 bits per heavy atom. The number of carbonyl (C=O) groups excluding carboxylic acids is 1. The van der Waals surface area contributed by atoms with Gasteiger partial charge in [0.1, 0.15) is 9.88 Å². The minimum Gasteiger partial charge on any atom is -0.317 e. The maximum Gasteiger partial charge on any atom is 0.269 e. The summed E-state index contributed by atoms with van der Waals surface area (Å²) >= 11 is 3.01. The smallest absolute Gasteiger partial charge is 0.269 e. The lowest BCUT2D eigenvalue weighted by Crippen LogP contribution is -2.26. The third-order valence-corrected chi connectivity index (χ3v) is 6.79. The van der Waals surface area contributed by atoms with Gasteiger partial charge in [-0.25, -0.2) is 9.97 Å². The topological polar surface area (TPSA) is 66.9 Å². The molecule has 1 aromatic carbocycles. The van der Waals surface area contributed by atoms with Crippen LogP contribution >= 0.6 is 35.1 Å². The van der Waals surface area contributed by atoms with E-state index in [1.165, 1.54) is 16.2 Å². The second-order valence-electron chi connectivity index (χ2n) is 6.35. The second kappa shape index (κ2) is 8.93. The Bertz CT molecular complexity index is 904. The summed E-state index contributed by atoms with van der Waals surface area (Å²) in [7, 11) is 0. The van der Waals surface area contributed by atoms with Crippen LogP contribution in [0.15, 0.2) is 36.5 Å². The van der Waals surface area contributed by atoms with Crippen LogP contribution in [0.2, 0.25) is 0 Å². The van der Waals surface area contributed by atoms with Gasteiger partial charge in [-0.3, -0.25) is 10.1 Å². The Kier molecular flexibility index (Phi) is 6.59. The van der Waals surface area contributed by atoms with E-state index in [0.717, 1.165) is 42.2 Å². The zero-order chi connectivity index (χ0) is 17.9. The molecule has 3 heterocycles. The van der Waals surface area contributed by atoms with Crippen molar-refractivity contribution in [2.45, 2.75) is 25.7 Å². The SMILES string of the molecule is Cc1nc(-c2ccccc2)sc1C(=O)Nc1ncc(C2CCNCC2)s1.Cl. The highest BCUT2D eigenvalue weighted by molar-refractivity contribution is 7.18. The first-order valence-corrected chi connectivity index (χ1v) is 10.3. The van der Waals surface area contributed by atoms with Crippen molar-refractivity contribution < 1.29 is 4.79 Å². The van der Waals surface area contributed by atoms with Crippen LogP contribution in [0.3, 0.4) is 0 Å². The summed E-state index contributed by atoms with van der Waals surface area (Å²) in [6.45, 7) is 3.97. The fraction of sp³-hybridized carbons (Fsp3) is 0.316. The van der Waals surface area contributed by atoms with Crippen LogP contribution in [-0.2, 0) is 0 Å². The minimum atomic E-state index is -0.131. The van der Waals surface area contributed by atoms with Gasteiger partial charge in [0.2, 0.25) is 0 Å². The first-order valence-electron chi connectivity index (χ1n) is 8.71. The highest BCUT2D eigenvalue weighted by atomic mass is 35.5. The molecular formula is C19H21ClN4OS2. The molecule has 1 aliphatic rings. The molecule has 0 aliphatic carbocycles. The summed E-state index contributed by atoms with van der Waals surface area (Å²) in [5.74, 6) is 0.419. The molecule has 0 bridgehead atoms. The molecule has 27 heavy (non-hydrogen) atoms. The summed E-state index contributed by atoms with van der Waals surface area (Å²) in [6.07, 6.45) is 4.17. The second-order valence-corrected chi connectivity index (χ2v) is 8.41. The molecule has 0 atom stereocenters. The summed E-state index contributed by atoms with van der Waals surface area (Å²) in [4.78, 5) is 23.5. The third-order valence-electron chi connectivity index (χ3n) is 4.51. The van der Waals surface area contributed by atoms with Gasteiger partial charge >= 0.3 is 0 Å². The van der Waals surface area contributed by atoms with Gasteiger partial charge in [0, 0.05) is 16.6 Å². The predicted molar refractivity (Wildman–Crippen MR) is 114 cm³/mol. The molecule has 142 valence electrons. The number of rotatable bonds is 4. The molecule has 8 heteroatoms. The van der Waals surface area contributed by atoms with Crippen molar-refractivity contribution in [3.8, 4) is 10.6 Å². The molecule has 4 rings (SSSR count). The van der Waals surface area contributed by atoms with E-state index in [4.69, 9.17) is 0 Å². The number of aryl methyl sites for hydroxylation is 1. The van der Waals surface area contributed by atoms with E-state index in [9.17, 15) is 4.79 Å². The molecule has 2 N–H and O–H groups in total. The molecule has 0 saturated carbocycles. The number of nitrogens with one attached hydrogen (secondary N) is 2. The van der Waals surface area contributed by atoms with Gasteiger partial charge in [0.05, 0.1) is 5.69 Å². The first-order chi connectivity index (χ1) is 12.7. The number of nitrogens with zero attached hydrogens (tertiary/aromatic N) is 2. The Labute approximate surface area is 172 Å². The van der Waals surface area contributed by atoms with Crippen molar-refractivity contribution in [1.29, 1.82) is 0 Å². The molecule has 1 aliphatic heterocycles. The Morgan fingerprint density at radius 3 is 2.67 bits per heavy atom. The molecule has 5 nitrogen and oxygen atoms in total. The van der Waals surface area contributed by atoms with Crippen molar-refractivity contribution >= 4 is 46.1 Å². The number of piperidine rings is 1. The zero-order valence-corrected chi connectivity index (χ0v) is 17.3. The average Bonchev–Trinajstić information content (AvgIpc) is 3.30. The van der Waals surface area contributed by atoms with E-state index >= 15 is 0 Å². The van der Waals surface area contributed by atoms with Gasteiger partial charge in [0.15, 0.2) is 5.13 Å². The number of thiazole rings is 2. The average molecular weight is 421 g/mol. The number of amides is 1. The van der Waals surface area contributed by atoms with Crippen molar-refractivity contribution in [3.05, 3.63) is 52.0 Å². The van der Waals surface area contributed by atoms with Gasteiger partial charge in [-0.05, 0) is 38.8 Å². The normalized spacial score (nSPS) is 14.6. The zero-order valence-electron chi connectivity index (χ0n) is 14.9. The fourth-order valence-electron chi connectivity index (χ4n) is 3.10. The van der Waals surface area contributed by atoms with Crippen LogP contribution in [-0.4, -0.2) is 29.0 Å². The molecule has 3 aromatic rings. The van der Waals surface area contributed by atoms with E-state index in [1.54, 1.807) is 11.3 Å². The van der Waals surface area contributed by atoms with Crippen LogP contribution in [0.5, 0.6) is 0 Å². The van der Waals surface area contributed by atoms with Crippen LogP contribution < -0.4 is 10.6 Å². The van der Waals surface area contributed by atoms with Crippen molar-refractivity contribution in [1.82, 2.24) is 15.3 Å². The van der Waals surface area contributed by atoms with E-state index in [-0.39, 0.29) is 18.3 Å². The largest absolute Gasteiger partial charge is 0.317 e. The molecule has 1 fully saturated rings. The number of halogens is 1. The number of anilines is 1. The number of hydrogen-bond donors (Lipinski definition) is 2. The highest BCUT2D eigenvalue weighted by Gasteiger charge is 2.20. The lowest BCUT2D eigenvalue weighted by Gasteiger charge is -2.20. The van der Waals surface area contributed by atoms with Crippen LogP contribution in [0.4, 0.5) is 5.13 Å². The summed E-state index contributed by atoms with van der Waals surface area (Å²) < 4.78 is 0. The number of carbonyl (C=O) groups is 1. The van der Waals surface area contributed by atoms with E-state index in [1.807, 2.05) is 43.5 Å². The molecule has 0 unspecified atom stereocenters. The van der Waals surface area contributed by atoms with Gasteiger partial charge in [-0.15, -0.1) is 35.1 Å². The van der Waals surface area contributed by atoms with Crippen molar-refractivity contribution in [3.63, 3.8) is 0 Å². The molecule has 0 spiro atoms. The van der Waals surface area contributed by atoms with Crippen molar-refractivity contribution in [2.24, 2.45) is 0 Å². The molecular weight excluding hydrogens is 400 g/mol. The molecule has 1 amide bonds. The predicted octanol–water partition coefficient (Wildman–Crippen LogP) is 4.72. The number of aromatic nitrogens is 2. The summed E-state index contributed by atoms with van der Waals surface area (Å²) in [5.41, 5.74) is 1.78. The summed E-state index contributed by atoms with van der Waals surface area (Å²) in [5, 5.41) is 7.85. The summed E-state index contributed by atoms with van der Waals surface area (Å²) in [6, 6.07) is 9.94. The van der Waals surface area contributed by atoms with Gasteiger partial charge < -0.3 is 5.32 Å². The van der Waals surface area contributed by atoms with Crippen LogP contribution in [0.25, 0.3) is 10.6 Å². The Morgan fingerprint density at radius 1 is 1.19 bits per heavy atom. The number of benzene rings is 1. The van der Waals surface area contributed by atoms with Gasteiger partial charge in [-0.1, -0.05) is 30.3 Å². The highest BCUT2D eigenvalue weighted by Crippen LogP contribution is 2.33. The monoisotopic (exact) mass is 420 g/mol. The standard InChI is InChI=1S/C19H20N4OS2.ClH/c1-12-16(26-18(22-12)14-5-3-2-4-6-14)17(24)23-19-21-11-15(25-19)13-7-9-20-10-8-13;/h2-6,11,13,20H,7-10H2,1H3,(H,21,23,24);1H. The minimum absolute atomic E-state index is 0. The molecule has 1 saturated heterocycles. The van der Waals surface area contributed by atoms with Crippen LogP contribution in [0, 0.1) is 6.92 Å². The Balaban J connectivity index is 0.00000210. The van der Waals surface area contributed by atoms with Gasteiger partial charge in [0.25, 0.3) is 5.91 Å². The van der Waals surface area contributed by atoms with E-state index in [2.05, 4.69) is 20.6 Å². The maximum absolute atomic E-state index is 12.7. The molecule has 2 aromatic heterocycles. The lowest BCUT2D eigenvalue weighted by molar-refractivity contribution is 0.103. The van der Waals surface area contributed by atoms with E-state index in [0.29, 0.717) is 15.9 Å². The lowest BCUT2D eigenvalue weighted by atomic mass is 9.97. The van der Waals surface area contributed by atoms with Gasteiger partial charge in [-0.2, -0.15) is 0 Å². The number of hydrogen-bond acceptors (Lipinski definition) is 6. The third kappa shape index (κ3) is 4.55. The Hall–Kier alpha value is -1.80.